The van der Waals surface area contributed by atoms with E-state index in [0.29, 0.717) is 6.42 Å². The molecule has 106 valence electrons. The van der Waals surface area contributed by atoms with Crippen LogP contribution in [0.1, 0.15) is 32.6 Å². The van der Waals surface area contributed by atoms with Crippen LogP contribution >= 0.6 is 0 Å². The first-order valence-corrected chi connectivity index (χ1v) is 7.03. The number of nitrogens with one attached hydrogen (secondary N) is 1. The van der Waals surface area contributed by atoms with E-state index in [4.69, 9.17) is 4.74 Å². The second-order valence-electron chi connectivity index (χ2n) is 6.04. The van der Waals surface area contributed by atoms with Gasteiger partial charge >= 0.3 is 0 Å². The fourth-order valence-electron chi connectivity index (χ4n) is 3.71. The monoisotopic (exact) mass is 267 g/mol. The zero-order valence-electron chi connectivity index (χ0n) is 11.1. The number of aliphatic hydroxyl groups excluding tert-OH is 2. The highest BCUT2D eigenvalue weighted by atomic mass is 16.6. The van der Waals surface area contributed by atoms with Crippen LogP contribution in [0.5, 0.6) is 0 Å². The van der Waals surface area contributed by atoms with Crippen molar-refractivity contribution in [2.24, 2.45) is 11.8 Å². The highest BCUT2D eigenvalue weighted by Crippen LogP contribution is 2.44. The molecule has 0 radical (unpaired) electrons. The Morgan fingerprint density at radius 3 is 3.05 bits per heavy atom. The van der Waals surface area contributed by atoms with Gasteiger partial charge in [0.15, 0.2) is 6.29 Å². The maximum absolute atomic E-state index is 12.0. The molecule has 3 unspecified atom stereocenters. The minimum absolute atomic E-state index is 0.0518. The molecule has 3 rings (SSSR count). The van der Waals surface area contributed by atoms with Gasteiger partial charge in [0.05, 0.1) is 18.1 Å². The molecule has 1 aliphatic carbocycles. The van der Waals surface area contributed by atoms with Crippen molar-refractivity contribution >= 4 is 5.91 Å². The van der Waals surface area contributed by atoms with Crippen LogP contribution in [0.2, 0.25) is 0 Å². The fourth-order valence-corrected chi connectivity index (χ4v) is 3.71. The Bertz CT molecular complexity index is 410. The van der Waals surface area contributed by atoms with Crippen LogP contribution in [0.3, 0.4) is 0 Å². The molecule has 3 aliphatic rings. The number of carbonyl (C=O) groups excluding carboxylic acids is 1. The van der Waals surface area contributed by atoms with E-state index < -0.39 is 24.0 Å². The van der Waals surface area contributed by atoms with Crippen molar-refractivity contribution in [2.75, 3.05) is 0 Å². The summed E-state index contributed by atoms with van der Waals surface area (Å²) in [6.07, 6.45) is 5.89. The van der Waals surface area contributed by atoms with Crippen LogP contribution in [0, 0.1) is 11.8 Å². The summed E-state index contributed by atoms with van der Waals surface area (Å²) >= 11 is 0. The molecule has 2 heterocycles. The van der Waals surface area contributed by atoms with E-state index in [2.05, 4.69) is 11.4 Å². The molecule has 2 fully saturated rings. The van der Waals surface area contributed by atoms with Crippen molar-refractivity contribution in [3.8, 4) is 0 Å². The number of allylic oxidation sites excluding steroid dienone is 1. The van der Waals surface area contributed by atoms with Gasteiger partial charge < -0.3 is 20.3 Å². The van der Waals surface area contributed by atoms with Gasteiger partial charge in [-0.2, -0.15) is 0 Å². The number of rotatable bonds is 2. The van der Waals surface area contributed by atoms with Gasteiger partial charge in [0.2, 0.25) is 5.91 Å². The first kappa shape index (κ1) is 13.1. The number of aliphatic hydroxyl groups is 2. The Morgan fingerprint density at radius 2 is 2.37 bits per heavy atom. The van der Waals surface area contributed by atoms with Crippen LogP contribution in [0.25, 0.3) is 0 Å². The molecule has 0 aromatic rings. The molecule has 0 spiro atoms. The number of hydrogen-bond donors (Lipinski definition) is 3. The number of hydrogen-bond acceptors (Lipinski definition) is 4. The van der Waals surface area contributed by atoms with E-state index in [9.17, 15) is 15.0 Å². The second-order valence-corrected chi connectivity index (χ2v) is 6.04. The second kappa shape index (κ2) is 4.58. The van der Waals surface area contributed by atoms with Crippen molar-refractivity contribution in [1.82, 2.24) is 5.32 Å². The highest BCUT2D eigenvalue weighted by Gasteiger charge is 2.61. The van der Waals surface area contributed by atoms with Gasteiger partial charge in [0.1, 0.15) is 5.60 Å². The minimum Gasteiger partial charge on any atom is -0.390 e. The van der Waals surface area contributed by atoms with Crippen LogP contribution in [-0.2, 0) is 9.53 Å². The predicted molar refractivity (Wildman–Crippen MR) is 68.0 cm³/mol. The lowest BCUT2D eigenvalue weighted by molar-refractivity contribution is -0.153. The molecule has 1 amide bonds. The number of fused-ring (bicyclic) bond motifs is 1. The summed E-state index contributed by atoms with van der Waals surface area (Å²) in [5.41, 5.74) is -0.804. The minimum atomic E-state index is -0.905. The normalized spacial score (nSPS) is 47.0. The summed E-state index contributed by atoms with van der Waals surface area (Å²) < 4.78 is 5.56. The van der Waals surface area contributed by atoms with Crippen LogP contribution < -0.4 is 5.32 Å². The van der Waals surface area contributed by atoms with Gasteiger partial charge in [-0.05, 0) is 26.2 Å². The van der Waals surface area contributed by atoms with Crippen molar-refractivity contribution < 1.29 is 19.7 Å². The molecule has 0 saturated carbocycles. The van der Waals surface area contributed by atoms with Crippen LogP contribution in [-0.4, -0.2) is 40.2 Å². The standard InChI is InChI=1S/C14H21NO4/c1-14-9(7-10(16)19-14)13(18)15-12(14)11(17)8-5-3-2-4-6-8/h3,5,8-12,16-17H,2,4,6-7H2,1H3,(H,15,18)/t8-,9?,10?,11+,12?,14+/m1/s1. The summed E-state index contributed by atoms with van der Waals surface area (Å²) in [5, 5.41) is 23.0. The average molecular weight is 267 g/mol. The van der Waals surface area contributed by atoms with Gasteiger partial charge in [-0.25, -0.2) is 0 Å². The smallest absolute Gasteiger partial charge is 0.226 e. The van der Waals surface area contributed by atoms with Gasteiger partial charge in [0, 0.05) is 12.3 Å². The zero-order chi connectivity index (χ0) is 13.6. The first-order chi connectivity index (χ1) is 9.02. The van der Waals surface area contributed by atoms with Gasteiger partial charge in [-0.3, -0.25) is 4.79 Å². The Kier molecular flexibility index (Phi) is 3.15. The van der Waals surface area contributed by atoms with E-state index in [-0.39, 0.29) is 17.7 Å². The van der Waals surface area contributed by atoms with E-state index in [0.717, 1.165) is 19.3 Å². The van der Waals surface area contributed by atoms with Gasteiger partial charge in [-0.1, -0.05) is 12.2 Å². The lowest BCUT2D eigenvalue weighted by atomic mass is 9.79. The van der Waals surface area contributed by atoms with Gasteiger partial charge in [-0.15, -0.1) is 0 Å². The summed E-state index contributed by atoms with van der Waals surface area (Å²) in [6, 6.07) is -0.449. The third-order valence-corrected chi connectivity index (χ3v) is 4.82. The molecular formula is C14H21NO4. The number of ether oxygens (including phenoxy) is 1. The average Bonchev–Trinajstić information content (AvgIpc) is 2.82. The molecular weight excluding hydrogens is 246 g/mol. The molecule has 5 nitrogen and oxygen atoms in total. The Labute approximate surface area is 112 Å². The van der Waals surface area contributed by atoms with Gasteiger partial charge in [0.25, 0.3) is 0 Å². The van der Waals surface area contributed by atoms with Crippen molar-refractivity contribution in [1.29, 1.82) is 0 Å². The highest BCUT2D eigenvalue weighted by molar-refractivity contribution is 5.84. The van der Waals surface area contributed by atoms with E-state index in [1.807, 2.05) is 13.0 Å². The summed E-state index contributed by atoms with van der Waals surface area (Å²) in [5.74, 6) is -0.437. The Morgan fingerprint density at radius 1 is 1.58 bits per heavy atom. The molecule has 0 aromatic heterocycles. The van der Waals surface area contributed by atoms with Crippen LogP contribution in [0.4, 0.5) is 0 Å². The molecule has 2 aliphatic heterocycles. The molecule has 3 N–H and O–H groups in total. The summed E-state index contributed by atoms with van der Waals surface area (Å²) in [7, 11) is 0. The molecule has 6 atom stereocenters. The lowest BCUT2D eigenvalue weighted by Gasteiger charge is -2.36. The maximum atomic E-state index is 12.0. The number of amides is 1. The van der Waals surface area contributed by atoms with Crippen LogP contribution in [0.15, 0.2) is 12.2 Å². The maximum Gasteiger partial charge on any atom is 0.226 e. The zero-order valence-corrected chi connectivity index (χ0v) is 11.1. The lowest BCUT2D eigenvalue weighted by Crippen LogP contribution is -2.53. The summed E-state index contributed by atoms with van der Waals surface area (Å²) in [6.45, 7) is 1.81. The molecule has 2 saturated heterocycles. The van der Waals surface area contributed by atoms with E-state index in [1.165, 1.54) is 0 Å². The topological polar surface area (TPSA) is 78.8 Å². The Hall–Kier alpha value is -0.910. The first-order valence-electron chi connectivity index (χ1n) is 7.03. The van der Waals surface area contributed by atoms with Crippen molar-refractivity contribution in [3.05, 3.63) is 12.2 Å². The van der Waals surface area contributed by atoms with Crippen molar-refractivity contribution in [2.45, 2.75) is 56.6 Å². The van der Waals surface area contributed by atoms with E-state index in [1.54, 1.807) is 0 Å². The largest absolute Gasteiger partial charge is 0.390 e. The molecule has 5 heteroatoms. The quantitative estimate of drug-likeness (QED) is 0.629. The fraction of sp³-hybridized carbons (Fsp3) is 0.786. The summed E-state index contributed by atoms with van der Waals surface area (Å²) in [4.78, 5) is 12.0. The predicted octanol–water partition coefficient (Wildman–Crippen LogP) is 0.316. The van der Waals surface area contributed by atoms with E-state index >= 15 is 0 Å². The third-order valence-electron chi connectivity index (χ3n) is 4.82. The molecule has 19 heavy (non-hydrogen) atoms. The molecule has 0 aromatic carbocycles. The van der Waals surface area contributed by atoms with Crippen molar-refractivity contribution in [3.63, 3.8) is 0 Å². The third kappa shape index (κ3) is 2.00. The Balaban J connectivity index is 1.82. The number of carbonyl (C=O) groups is 1. The SMILES string of the molecule is C[C@]12OC(O)CC1C(=O)NC2[C@@H](O)[C@@H]1C=CCCC1. The molecule has 0 bridgehead atoms.